The number of aromatic amines is 1. The molecule has 1 saturated heterocycles. The molecule has 3 aromatic rings. The van der Waals surface area contributed by atoms with Crippen molar-refractivity contribution < 1.29 is 38.1 Å². The fourth-order valence-corrected chi connectivity index (χ4v) is 5.95. The van der Waals surface area contributed by atoms with Crippen molar-refractivity contribution >= 4 is 24.5 Å². The SMILES string of the molecule is Cc1cn(C2OC(COP(=O)(NC(C)C(=O)OC(C)C)Oc3cccc4ccccc34)C(O)C2(C)O)c(=O)[nH]c1=O. The summed E-state index contributed by atoms with van der Waals surface area (Å²) in [6, 6.07) is 11.2. The number of nitrogens with one attached hydrogen (secondary N) is 2. The van der Waals surface area contributed by atoms with Crippen molar-refractivity contribution in [3.8, 4) is 5.75 Å². The molecule has 41 heavy (non-hydrogen) atoms. The van der Waals surface area contributed by atoms with Crippen LogP contribution in [0.1, 0.15) is 39.5 Å². The molecule has 2 heterocycles. The van der Waals surface area contributed by atoms with Gasteiger partial charge in [0, 0.05) is 17.1 Å². The van der Waals surface area contributed by atoms with Crippen LogP contribution in [0.4, 0.5) is 0 Å². The number of aliphatic hydroxyl groups excluding tert-OH is 1. The van der Waals surface area contributed by atoms with Gasteiger partial charge in [-0.25, -0.2) is 9.36 Å². The summed E-state index contributed by atoms with van der Waals surface area (Å²) in [4.78, 5) is 38.9. The average Bonchev–Trinajstić information content (AvgIpc) is 3.13. The monoisotopic (exact) mass is 591 g/mol. The molecule has 0 amide bonds. The summed E-state index contributed by atoms with van der Waals surface area (Å²) in [6.45, 7) is 6.91. The van der Waals surface area contributed by atoms with Gasteiger partial charge >= 0.3 is 19.4 Å². The van der Waals surface area contributed by atoms with Crippen molar-refractivity contribution in [2.75, 3.05) is 6.61 Å². The zero-order valence-electron chi connectivity index (χ0n) is 23.3. The van der Waals surface area contributed by atoms with Gasteiger partial charge in [-0.05, 0) is 46.1 Å². The number of aliphatic hydroxyl groups is 2. The highest BCUT2D eigenvalue weighted by Gasteiger charge is 2.54. The topological polar surface area (TPSA) is 178 Å². The lowest BCUT2D eigenvalue weighted by Crippen LogP contribution is -2.47. The first kappa shape index (κ1) is 30.6. The molecule has 6 atom stereocenters. The molecule has 4 rings (SSSR count). The van der Waals surface area contributed by atoms with Gasteiger partial charge in [-0.1, -0.05) is 36.4 Å². The molecule has 1 aromatic heterocycles. The second-order valence-electron chi connectivity index (χ2n) is 10.4. The van der Waals surface area contributed by atoms with Crippen molar-refractivity contribution in [3.05, 3.63) is 75.1 Å². The normalized spacial score (nSPS) is 24.7. The zero-order valence-corrected chi connectivity index (χ0v) is 24.2. The van der Waals surface area contributed by atoms with Crippen molar-refractivity contribution in [2.45, 2.75) is 70.8 Å². The van der Waals surface area contributed by atoms with Crippen molar-refractivity contribution in [3.63, 3.8) is 0 Å². The minimum absolute atomic E-state index is 0.178. The van der Waals surface area contributed by atoms with E-state index in [0.717, 1.165) is 9.95 Å². The number of fused-ring (bicyclic) bond motifs is 1. The second kappa shape index (κ2) is 11.9. The molecule has 13 nitrogen and oxygen atoms in total. The van der Waals surface area contributed by atoms with Gasteiger partial charge in [0.2, 0.25) is 0 Å². The summed E-state index contributed by atoms with van der Waals surface area (Å²) in [7, 11) is -4.38. The molecule has 0 saturated carbocycles. The highest BCUT2D eigenvalue weighted by atomic mass is 31.2. The van der Waals surface area contributed by atoms with E-state index in [1.165, 1.54) is 27.0 Å². The molecule has 222 valence electrons. The van der Waals surface area contributed by atoms with E-state index in [9.17, 15) is 29.2 Å². The Morgan fingerprint density at radius 3 is 2.59 bits per heavy atom. The van der Waals surface area contributed by atoms with Crippen LogP contribution in [0.5, 0.6) is 5.75 Å². The number of aryl methyl sites for hydroxylation is 1. The summed E-state index contributed by atoms with van der Waals surface area (Å²) >= 11 is 0. The highest BCUT2D eigenvalue weighted by Crippen LogP contribution is 2.48. The number of nitrogens with zero attached hydrogens (tertiary/aromatic N) is 1. The van der Waals surface area contributed by atoms with Crippen molar-refractivity contribution in [2.24, 2.45) is 0 Å². The Balaban J connectivity index is 1.61. The fraction of sp³-hybridized carbons (Fsp3) is 0.444. The Bertz CT molecular complexity index is 1580. The number of benzene rings is 2. The van der Waals surface area contributed by atoms with Gasteiger partial charge in [0.1, 0.15) is 29.6 Å². The summed E-state index contributed by atoms with van der Waals surface area (Å²) in [5, 5.41) is 26.0. The van der Waals surface area contributed by atoms with E-state index in [0.29, 0.717) is 5.39 Å². The Hall–Kier alpha value is -3.32. The summed E-state index contributed by atoms with van der Waals surface area (Å²) < 4.78 is 37.6. The van der Waals surface area contributed by atoms with Crippen LogP contribution in [0.25, 0.3) is 10.8 Å². The van der Waals surface area contributed by atoms with Gasteiger partial charge < -0.3 is 24.2 Å². The molecule has 2 aromatic carbocycles. The molecule has 6 unspecified atom stereocenters. The first-order valence-electron chi connectivity index (χ1n) is 13.0. The third-order valence-electron chi connectivity index (χ3n) is 6.59. The maximum absolute atomic E-state index is 14.1. The minimum atomic E-state index is -4.38. The molecular formula is C27H34N3O10P. The molecule has 0 aliphatic carbocycles. The molecule has 1 aliphatic rings. The first-order valence-corrected chi connectivity index (χ1v) is 14.5. The highest BCUT2D eigenvalue weighted by molar-refractivity contribution is 7.52. The van der Waals surface area contributed by atoms with Crippen LogP contribution < -0.4 is 20.9 Å². The van der Waals surface area contributed by atoms with E-state index in [4.69, 9.17) is 18.5 Å². The lowest BCUT2D eigenvalue weighted by Gasteiger charge is -2.27. The number of H-pyrrole nitrogens is 1. The average molecular weight is 592 g/mol. The molecule has 1 aliphatic heterocycles. The summed E-state index contributed by atoms with van der Waals surface area (Å²) in [6.07, 6.45) is -3.54. The second-order valence-corrected chi connectivity index (χ2v) is 12.1. The Labute approximate surface area is 235 Å². The lowest BCUT2D eigenvalue weighted by molar-refractivity contribution is -0.149. The number of hydrogen-bond acceptors (Lipinski definition) is 10. The number of esters is 1. The Morgan fingerprint density at radius 1 is 1.20 bits per heavy atom. The van der Waals surface area contributed by atoms with Gasteiger partial charge in [-0.2, -0.15) is 5.09 Å². The first-order chi connectivity index (χ1) is 19.2. The van der Waals surface area contributed by atoms with Crippen LogP contribution in [0.15, 0.2) is 58.3 Å². The smallest absolute Gasteiger partial charge is 0.459 e. The standard InChI is InChI=1S/C27H34N3O10P/c1-15(2)38-24(33)17(4)29-41(36,40-20-12-8-10-18-9-6-7-11-19(18)20)37-14-21-22(31)27(5,35)25(39-21)30-13-16(3)23(32)28-26(30)34/h6-13,15,17,21-22,25,31,35H,14H2,1-5H3,(H,29,36)(H,28,32,34). The molecule has 14 heteroatoms. The molecule has 0 spiro atoms. The van der Waals surface area contributed by atoms with Crippen LogP contribution in [0.2, 0.25) is 0 Å². The fourth-order valence-electron chi connectivity index (χ4n) is 4.43. The molecule has 1 fully saturated rings. The molecule has 0 radical (unpaired) electrons. The number of hydrogen-bond donors (Lipinski definition) is 4. The summed E-state index contributed by atoms with van der Waals surface area (Å²) in [5.41, 5.74) is -3.29. The van der Waals surface area contributed by atoms with Crippen LogP contribution in [-0.2, 0) is 23.4 Å². The predicted octanol–water partition coefficient (Wildman–Crippen LogP) is 2.14. The van der Waals surface area contributed by atoms with Crippen LogP contribution in [0.3, 0.4) is 0 Å². The van der Waals surface area contributed by atoms with Crippen LogP contribution in [0, 0.1) is 6.92 Å². The number of carbonyl (C=O) groups excluding carboxylic acids is 1. The van der Waals surface area contributed by atoms with E-state index in [1.54, 1.807) is 38.1 Å². The van der Waals surface area contributed by atoms with Gasteiger partial charge in [0.15, 0.2) is 6.23 Å². The van der Waals surface area contributed by atoms with Gasteiger partial charge in [-0.15, -0.1) is 0 Å². The third-order valence-corrected chi connectivity index (χ3v) is 8.22. The zero-order chi connectivity index (χ0) is 30.1. The van der Waals surface area contributed by atoms with Crippen LogP contribution >= 0.6 is 7.75 Å². The molecular weight excluding hydrogens is 557 g/mol. The van der Waals surface area contributed by atoms with Crippen LogP contribution in [-0.4, -0.2) is 62.3 Å². The number of aromatic nitrogens is 2. The Morgan fingerprint density at radius 2 is 1.88 bits per heavy atom. The molecule has 0 bridgehead atoms. The van der Waals surface area contributed by atoms with Gasteiger partial charge in [0.05, 0.1) is 12.7 Å². The largest absolute Gasteiger partial charge is 0.462 e. The van der Waals surface area contributed by atoms with E-state index in [-0.39, 0.29) is 11.3 Å². The quantitative estimate of drug-likeness (QED) is 0.201. The number of rotatable bonds is 10. The van der Waals surface area contributed by atoms with Gasteiger partial charge in [-0.3, -0.25) is 23.7 Å². The van der Waals surface area contributed by atoms with Crippen molar-refractivity contribution in [1.82, 2.24) is 14.6 Å². The maximum Gasteiger partial charge on any atom is 0.459 e. The van der Waals surface area contributed by atoms with Gasteiger partial charge in [0.25, 0.3) is 5.56 Å². The third kappa shape index (κ3) is 6.61. The predicted molar refractivity (Wildman–Crippen MR) is 149 cm³/mol. The molecule has 4 N–H and O–H groups in total. The number of carbonyl (C=O) groups is 1. The van der Waals surface area contributed by atoms with E-state index in [2.05, 4.69) is 10.1 Å². The Kier molecular flexibility index (Phi) is 8.88. The van der Waals surface area contributed by atoms with Crippen molar-refractivity contribution in [1.29, 1.82) is 0 Å². The lowest BCUT2D eigenvalue weighted by atomic mass is 9.96. The van der Waals surface area contributed by atoms with E-state index >= 15 is 0 Å². The van der Waals surface area contributed by atoms with E-state index in [1.807, 2.05) is 18.2 Å². The maximum atomic E-state index is 14.1. The van der Waals surface area contributed by atoms with E-state index < -0.39 is 67.8 Å². The summed E-state index contributed by atoms with van der Waals surface area (Å²) in [5.74, 6) is -0.491. The minimum Gasteiger partial charge on any atom is -0.462 e. The number of ether oxygens (including phenoxy) is 2.